The van der Waals surface area contributed by atoms with Gasteiger partial charge in [-0.05, 0) is 31.4 Å². The molecule has 1 N–H and O–H groups in total. The Morgan fingerprint density at radius 3 is 2.93 bits per heavy atom. The first-order valence-electron chi connectivity index (χ1n) is 5.28. The van der Waals surface area contributed by atoms with E-state index < -0.39 is 0 Å². The summed E-state index contributed by atoms with van der Waals surface area (Å²) in [6.45, 7) is 2.46. The summed E-state index contributed by atoms with van der Waals surface area (Å²) in [4.78, 5) is 0. The van der Waals surface area contributed by atoms with E-state index in [1.165, 1.54) is 12.1 Å². The molecule has 0 saturated heterocycles. The number of halogens is 1. The van der Waals surface area contributed by atoms with Gasteiger partial charge in [-0.15, -0.1) is 0 Å². The first-order valence-corrected chi connectivity index (χ1v) is 5.28. The van der Waals surface area contributed by atoms with Crippen LogP contribution in [0.4, 0.5) is 4.39 Å². The van der Waals surface area contributed by atoms with Crippen molar-refractivity contribution in [3.8, 4) is 5.75 Å². The Bertz CT molecular complexity index is 289. The van der Waals surface area contributed by atoms with Crippen LogP contribution in [-0.4, -0.2) is 17.8 Å². The Kier molecular flexibility index (Phi) is 5.12. The van der Waals surface area contributed by atoms with Gasteiger partial charge in [0.05, 0.1) is 12.7 Å². The molecule has 0 bridgehead atoms. The lowest BCUT2D eigenvalue weighted by Crippen LogP contribution is -2.07. The predicted octanol–water partition coefficient (Wildman–Crippen LogP) is 2.76. The largest absolute Gasteiger partial charge is 0.493 e. The molecule has 1 aromatic carbocycles. The van der Waals surface area contributed by atoms with Gasteiger partial charge in [-0.25, -0.2) is 4.39 Å². The lowest BCUT2D eigenvalue weighted by Gasteiger charge is -2.08. The SMILES string of the molecule is CCC(O)CCCOc1cccc(F)c1. The fourth-order valence-electron chi connectivity index (χ4n) is 1.27. The highest BCUT2D eigenvalue weighted by atomic mass is 19.1. The zero-order valence-corrected chi connectivity index (χ0v) is 8.95. The molecule has 1 unspecified atom stereocenters. The quantitative estimate of drug-likeness (QED) is 0.735. The Morgan fingerprint density at radius 1 is 1.47 bits per heavy atom. The summed E-state index contributed by atoms with van der Waals surface area (Å²) in [5.41, 5.74) is 0. The van der Waals surface area contributed by atoms with Crippen LogP contribution in [0.5, 0.6) is 5.75 Å². The molecule has 1 aromatic rings. The molecule has 0 aliphatic carbocycles. The van der Waals surface area contributed by atoms with E-state index in [2.05, 4.69) is 0 Å². The molecule has 0 aliphatic heterocycles. The van der Waals surface area contributed by atoms with Gasteiger partial charge in [-0.3, -0.25) is 0 Å². The Hall–Kier alpha value is -1.09. The van der Waals surface area contributed by atoms with E-state index in [1.807, 2.05) is 6.92 Å². The van der Waals surface area contributed by atoms with Crippen LogP contribution >= 0.6 is 0 Å². The van der Waals surface area contributed by atoms with Gasteiger partial charge in [0.25, 0.3) is 0 Å². The van der Waals surface area contributed by atoms with Crippen molar-refractivity contribution in [1.29, 1.82) is 0 Å². The van der Waals surface area contributed by atoms with Crippen LogP contribution in [0.15, 0.2) is 24.3 Å². The molecule has 0 fully saturated rings. The van der Waals surface area contributed by atoms with Crippen LogP contribution in [0.3, 0.4) is 0 Å². The smallest absolute Gasteiger partial charge is 0.126 e. The maximum absolute atomic E-state index is 12.7. The molecule has 0 heterocycles. The fraction of sp³-hybridized carbons (Fsp3) is 0.500. The second-order valence-electron chi connectivity index (χ2n) is 3.51. The summed E-state index contributed by atoms with van der Waals surface area (Å²) in [5, 5.41) is 9.28. The number of ether oxygens (including phenoxy) is 1. The number of hydrogen-bond acceptors (Lipinski definition) is 2. The van der Waals surface area contributed by atoms with Crippen molar-refractivity contribution in [2.45, 2.75) is 32.3 Å². The van der Waals surface area contributed by atoms with Crippen LogP contribution in [0.2, 0.25) is 0 Å². The predicted molar refractivity (Wildman–Crippen MR) is 57.4 cm³/mol. The monoisotopic (exact) mass is 212 g/mol. The van der Waals surface area contributed by atoms with Gasteiger partial charge in [-0.2, -0.15) is 0 Å². The fourth-order valence-corrected chi connectivity index (χ4v) is 1.27. The third-order valence-corrected chi connectivity index (χ3v) is 2.22. The highest BCUT2D eigenvalue weighted by Crippen LogP contribution is 2.12. The second-order valence-corrected chi connectivity index (χ2v) is 3.51. The summed E-state index contributed by atoms with van der Waals surface area (Å²) in [5.74, 6) is 0.252. The van der Waals surface area contributed by atoms with Gasteiger partial charge in [0.2, 0.25) is 0 Å². The highest BCUT2D eigenvalue weighted by Gasteiger charge is 2.00. The van der Waals surface area contributed by atoms with Crippen LogP contribution in [0.1, 0.15) is 26.2 Å². The number of benzene rings is 1. The lowest BCUT2D eigenvalue weighted by molar-refractivity contribution is 0.148. The molecule has 3 heteroatoms. The van der Waals surface area contributed by atoms with E-state index in [9.17, 15) is 9.50 Å². The zero-order valence-electron chi connectivity index (χ0n) is 8.95. The average molecular weight is 212 g/mol. The first kappa shape index (κ1) is 12.0. The Labute approximate surface area is 89.7 Å². The summed E-state index contributed by atoms with van der Waals surface area (Å²) < 4.78 is 18.1. The molecule has 0 amide bonds. The summed E-state index contributed by atoms with van der Waals surface area (Å²) >= 11 is 0. The normalized spacial score (nSPS) is 12.5. The van der Waals surface area contributed by atoms with Crippen molar-refractivity contribution in [2.75, 3.05) is 6.61 Å². The van der Waals surface area contributed by atoms with Crippen LogP contribution in [0.25, 0.3) is 0 Å². The number of hydrogen-bond donors (Lipinski definition) is 1. The van der Waals surface area contributed by atoms with E-state index in [0.717, 1.165) is 19.3 Å². The van der Waals surface area contributed by atoms with Crippen molar-refractivity contribution in [2.24, 2.45) is 0 Å². The first-order chi connectivity index (χ1) is 7.22. The molecule has 84 valence electrons. The van der Waals surface area contributed by atoms with Gasteiger partial charge in [0.1, 0.15) is 11.6 Å². The van der Waals surface area contributed by atoms with Crippen LogP contribution in [-0.2, 0) is 0 Å². The zero-order chi connectivity index (χ0) is 11.1. The summed E-state index contributed by atoms with van der Waals surface area (Å²) in [7, 11) is 0. The van der Waals surface area contributed by atoms with Gasteiger partial charge in [-0.1, -0.05) is 13.0 Å². The molecule has 2 nitrogen and oxygen atoms in total. The minimum atomic E-state index is -0.291. The van der Waals surface area contributed by atoms with Gasteiger partial charge < -0.3 is 9.84 Å². The Morgan fingerprint density at radius 2 is 2.27 bits per heavy atom. The van der Waals surface area contributed by atoms with Crippen molar-refractivity contribution in [1.82, 2.24) is 0 Å². The number of rotatable bonds is 6. The lowest BCUT2D eigenvalue weighted by atomic mass is 10.1. The molecule has 0 saturated carbocycles. The Balaban J connectivity index is 2.20. The van der Waals surface area contributed by atoms with Gasteiger partial charge in [0.15, 0.2) is 0 Å². The minimum Gasteiger partial charge on any atom is -0.493 e. The van der Waals surface area contributed by atoms with Crippen molar-refractivity contribution in [3.63, 3.8) is 0 Å². The topological polar surface area (TPSA) is 29.5 Å². The van der Waals surface area contributed by atoms with Crippen LogP contribution < -0.4 is 4.74 Å². The third kappa shape index (κ3) is 4.79. The molecule has 1 atom stereocenters. The van der Waals surface area contributed by atoms with E-state index >= 15 is 0 Å². The molecule has 15 heavy (non-hydrogen) atoms. The number of aliphatic hydroxyl groups excluding tert-OH is 1. The standard InChI is InChI=1S/C12H17FO2/c1-2-11(14)6-4-8-15-12-7-3-5-10(13)9-12/h3,5,7,9,11,14H,2,4,6,8H2,1H3. The highest BCUT2D eigenvalue weighted by molar-refractivity contribution is 5.22. The van der Waals surface area contributed by atoms with Crippen molar-refractivity contribution >= 4 is 0 Å². The maximum atomic E-state index is 12.7. The average Bonchev–Trinajstić information content (AvgIpc) is 2.24. The molecular weight excluding hydrogens is 195 g/mol. The van der Waals surface area contributed by atoms with Gasteiger partial charge >= 0.3 is 0 Å². The van der Waals surface area contributed by atoms with Crippen molar-refractivity contribution in [3.05, 3.63) is 30.1 Å². The second kappa shape index (κ2) is 6.40. The van der Waals surface area contributed by atoms with Gasteiger partial charge in [0, 0.05) is 6.07 Å². The van der Waals surface area contributed by atoms with E-state index in [-0.39, 0.29) is 11.9 Å². The molecule has 0 aliphatic rings. The summed E-state index contributed by atoms with van der Waals surface area (Å²) in [6, 6.07) is 6.08. The maximum Gasteiger partial charge on any atom is 0.126 e. The molecule has 1 rings (SSSR count). The third-order valence-electron chi connectivity index (χ3n) is 2.22. The molecular formula is C12H17FO2. The molecule has 0 radical (unpaired) electrons. The number of aliphatic hydroxyl groups is 1. The minimum absolute atomic E-state index is 0.249. The molecule has 0 aromatic heterocycles. The van der Waals surface area contributed by atoms with E-state index in [0.29, 0.717) is 12.4 Å². The van der Waals surface area contributed by atoms with Crippen molar-refractivity contribution < 1.29 is 14.2 Å². The summed E-state index contributed by atoms with van der Waals surface area (Å²) in [6.07, 6.45) is 2.03. The van der Waals surface area contributed by atoms with Crippen LogP contribution in [0, 0.1) is 5.82 Å². The van der Waals surface area contributed by atoms with E-state index in [1.54, 1.807) is 12.1 Å². The van der Waals surface area contributed by atoms with E-state index in [4.69, 9.17) is 4.74 Å². The molecule has 0 spiro atoms.